The molecule has 0 aliphatic rings. The summed E-state index contributed by atoms with van der Waals surface area (Å²) >= 11 is 6.07. The Labute approximate surface area is 147 Å². The molecule has 1 aromatic carbocycles. The van der Waals surface area contributed by atoms with Crippen LogP contribution in [-0.4, -0.2) is 57.1 Å². The molecule has 0 fully saturated rings. The fourth-order valence-corrected chi connectivity index (χ4v) is 2.30. The van der Waals surface area contributed by atoms with Gasteiger partial charge in [-0.05, 0) is 27.0 Å². The zero-order chi connectivity index (χ0) is 18.3. The summed E-state index contributed by atoms with van der Waals surface area (Å²) in [5.41, 5.74) is 0.438. The summed E-state index contributed by atoms with van der Waals surface area (Å²) in [4.78, 5) is 25.4. The van der Waals surface area contributed by atoms with Gasteiger partial charge in [-0.1, -0.05) is 11.6 Å². The van der Waals surface area contributed by atoms with E-state index in [1.165, 1.54) is 14.2 Å². The highest BCUT2D eigenvalue weighted by Gasteiger charge is 2.15. The lowest BCUT2D eigenvalue weighted by Crippen LogP contribution is -2.41. The van der Waals surface area contributed by atoms with Crippen molar-refractivity contribution in [3.63, 3.8) is 0 Å². The molecule has 8 heteroatoms. The summed E-state index contributed by atoms with van der Waals surface area (Å²) in [6, 6.07) is 3.21. The van der Waals surface area contributed by atoms with E-state index in [4.69, 9.17) is 21.1 Å². The highest BCUT2D eigenvalue weighted by molar-refractivity contribution is 6.32. The van der Waals surface area contributed by atoms with Gasteiger partial charge in [-0.2, -0.15) is 0 Å². The Morgan fingerprint density at radius 1 is 1.12 bits per heavy atom. The number of anilines is 1. The monoisotopic (exact) mass is 357 g/mol. The van der Waals surface area contributed by atoms with Crippen molar-refractivity contribution in [2.75, 3.05) is 39.7 Å². The van der Waals surface area contributed by atoms with E-state index >= 15 is 0 Å². The molecule has 0 aliphatic heterocycles. The summed E-state index contributed by atoms with van der Waals surface area (Å²) in [5.74, 6) is 0.471. The van der Waals surface area contributed by atoms with Gasteiger partial charge in [-0.25, -0.2) is 0 Å². The summed E-state index contributed by atoms with van der Waals surface area (Å²) < 4.78 is 10.3. The quantitative estimate of drug-likeness (QED) is 0.741. The van der Waals surface area contributed by atoms with Crippen LogP contribution < -0.4 is 20.1 Å². The number of methoxy groups -OCH3 is 2. The lowest BCUT2D eigenvalue weighted by molar-refractivity contribution is -0.123. The largest absolute Gasteiger partial charge is 0.495 e. The van der Waals surface area contributed by atoms with E-state index in [0.717, 1.165) is 0 Å². The topological polar surface area (TPSA) is 79.9 Å². The average Bonchev–Trinajstić information content (AvgIpc) is 2.46. The number of benzene rings is 1. The van der Waals surface area contributed by atoms with Crippen LogP contribution in [0.3, 0.4) is 0 Å². The lowest BCUT2D eigenvalue weighted by Gasteiger charge is -2.18. The van der Waals surface area contributed by atoms with E-state index in [1.54, 1.807) is 24.1 Å². The molecule has 0 saturated carbocycles. The molecule has 0 aromatic heterocycles. The first-order valence-corrected chi connectivity index (χ1v) is 7.83. The summed E-state index contributed by atoms with van der Waals surface area (Å²) in [7, 11) is 4.68. The van der Waals surface area contributed by atoms with Gasteiger partial charge in [0.25, 0.3) is 0 Å². The van der Waals surface area contributed by atoms with Crippen LogP contribution in [0.1, 0.15) is 13.8 Å². The van der Waals surface area contributed by atoms with Crippen molar-refractivity contribution in [2.24, 2.45) is 0 Å². The minimum atomic E-state index is -0.283. The van der Waals surface area contributed by atoms with Gasteiger partial charge in [0.15, 0.2) is 0 Å². The lowest BCUT2D eigenvalue weighted by atomic mass is 10.2. The molecule has 0 saturated heterocycles. The van der Waals surface area contributed by atoms with E-state index in [1.807, 2.05) is 13.8 Å². The Hall–Kier alpha value is -1.99. The van der Waals surface area contributed by atoms with Crippen LogP contribution in [-0.2, 0) is 9.59 Å². The maximum absolute atomic E-state index is 12.1. The molecule has 134 valence electrons. The molecule has 1 aromatic rings. The number of hydrogen-bond acceptors (Lipinski definition) is 5. The average molecular weight is 358 g/mol. The highest BCUT2D eigenvalue weighted by atomic mass is 35.5. The highest BCUT2D eigenvalue weighted by Crippen LogP contribution is 2.35. The molecule has 0 bridgehead atoms. The molecular weight excluding hydrogens is 334 g/mol. The number of carbonyl (C=O) groups is 2. The van der Waals surface area contributed by atoms with Gasteiger partial charge >= 0.3 is 0 Å². The minimum Gasteiger partial charge on any atom is -0.495 e. The number of carbonyl (C=O) groups excluding carboxylic acids is 2. The first-order valence-electron chi connectivity index (χ1n) is 7.46. The van der Waals surface area contributed by atoms with Crippen LogP contribution in [0.5, 0.6) is 11.5 Å². The zero-order valence-corrected chi connectivity index (χ0v) is 15.4. The molecular formula is C16H24ClN3O4. The Bertz CT molecular complexity index is 593. The number of ether oxygens (including phenoxy) is 2. The van der Waals surface area contributed by atoms with Gasteiger partial charge < -0.3 is 20.1 Å². The van der Waals surface area contributed by atoms with E-state index < -0.39 is 0 Å². The molecule has 0 heterocycles. The Morgan fingerprint density at radius 3 is 2.25 bits per heavy atom. The van der Waals surface area contributed by atoms with Crippen molar-refractivity contribution in [1.29, 1.82) is 0 Å². The maximum atomic E-state index is 12.1. The smallest absolute Gasteiger partial charge is 0.238 e. The molecule has 0 aliphatic carbocycles. The first kappa shape index (κ1) is 20.1. The molecule has 2 amide bonds. The van der Waals surface area contributed by atoms with Crippen LogP contribution in [0.2, 0.25) is 5.02 Å². The van der Waals surface area contributed by atoms with E-state index in [9.17, 15) is 9.59 Å². The molecule has 0 spiro atoms. The summed E-state index contributed by atoms with van der Waals surface area (Å²) in [6.07, 6.45) is 0. The van der Waals surface area contributed by atoms with Crippen molar-refractivity contribution in [1.82, 2.24) is 10.2 Å². The third kappa shape index (κ3) is 6.25. The number of rotatable bonds is 8. The van der Waals surface area contributed by atoms with Crippen LogP contribution >= 0.6 is 11.6 Å². The van der Waals surface area contributed by atoms with Gasteiger partial charge in [0, 0.05) is 12.1 Å². The van der Waals surface area contributed by atoms with Crippen LogP contribution in [0.15, 0.2) is 12.1 Å². The number of nitrogens with one attached hydrogen (secondary N) is 2. The Balaban J connectivity index is 2.68. The zero-order valence-electron chi connectivity index (χ0n) is 14.6. The predicted octanol–water partition coefficient (Wildman–Crippen LogP) is 1.75. The fraction of sp³-hybridized carbons (Fsp3) is 0.500. The van der Waals surface area contributed by atoms with Gasteiger partial charge in [-0.15, -0.1) is 0 Å². The van der Waals surface area contributed by atoms with Gasteiger partial charge in [0.2, 0.25) is 11.8 Å². The standard InChI is InChI=1S/C16H24ClN3O4/c1-10(2)18-15(21)8-20(3)9-16(22)19-12-6-11(17)13(23-4)7-14(12)24-5/h6-7,10H,8-9H2,1-5H3,(H,18,21)(H,19,22). The van der Waals surface area contributed by atoms with Gasteiger partial charge in [-0.3, -0.25) is 14.5 Å². The van der Waals surface area contributed by atoms with Crippen molar-refractivity contribution in [3.8, 4) is 11.5 Å². The van der Waals surface area contributed by atoms with E-state index in [0.29, 0.717) is 22.2 Å². The van der Waals surface area contributed by atoms with E-state index in [-0.39, 0.29) is 30.9 Å². The summed E-state index contributed by atoms with van der Waals surface area (Å²) in [6.45, 7) is 3.94. The number of halogens is 1. The molecule has 24 heavy (non-hydrogen) atoms. The van der Waals surface area contributed by atoms with E-state index in [2.05, 4.69) is 10.6 Å². The fourth-order valence-electron chi connectivity index (χ4n) is 2.06. The van der Waals surface area contributed by atoms with Crippen molar-refractivity contribution >= 4 is 29.1 Å². The van der Waals surface area contributed by atoms with Crippen molar-refractivity contribution in [3.05, 3.63) is 17.2 Å². The molecule has 0 atom stereocenters. The number of amides is 2. The second-order valence-corrected chi connectivity index (χ2v) is 6.04. The third-order valence-electron chi connectivity index (χ3n) is 3.02. The van der Waals surface area contributed by atoms with Crippen LogP contribution in [0, 0.1) is 0 Å². The number of nitrogens with zero attached hydrogens (tertiary/aromatic N) is 1. The van der Waals surface area contributed by atoms with Gasteiger partial charge in [0.1, 0.15) is 11.5 Å². The second-order valence-electron chi connectivity index (χ2n) is 5.63. The number of likely N-dealkylation sites (N-methyl/N-ethyl adjacent to an activating group) is 1. The van der Waals surface area contributed by atoms with Crippen molar-refractivity contribution < 1.29 is 19.1 Å². The molecule has 7 nitrogen and oxygen atoms in total. The molecule has 1 rings (SSSR count). The normalized spacial score (nSPS) is 10.7. The predicted molar refractivity (Wildman–Crippen MR) is 94.0 cm³/mol. The first-order chi connectivity index (χ1) is 11.3. The molecule has 0 radical (unpaired) electrons. The number of hydrogen-bond donors (Lipinski definition) is 2. The molecule has 2 N–H and O–H groups in total. The van der Waals surface area contributed by atoms with Crippen LogP contribution in [0.4, 0.5) is 5.69 Å². The minimum absolute atomic E-state index is 0.0539. The molecule has 0 unspecified atom stereocenters. The third-order valence-corrected chi connectivity index (χ3v) is 3.32. The Kier molecular flexibility index (Phi) is 7.81. The Morgan fingerprint density at radius 2 is 1.71 bits per heavy atom. The second kappa shape index (κ2) is 9.34. The van der Waals surface area contributed by atoms with Crippen molar-refractivity contribution in [2.45, 2.75) is 19.9 Å². The maximum Gasteiger partial charge on any atom is 0.238 e. The SMILES string of the molecule is COc1cc(OC)c(NC(=O)CN(C)CC(=O)NC(C)C)cc1Cl. The summed E-state index contributed by atoms with van der Waals surface area (Å²) in [5, 5.41) is 5.85. The van der Waals surface area contributed by atoms with Crippen LogP contribution in [0.25, 0.3) is 0 Å². The van der Waals surface area contributed by atoms with Gasteiger partial charge in [0.05, 0.1) is 38.0 Å².